The molecule has 3 heterocycles. The summed E-state index contributed by atoms with van der Waals surface area (Å²) in [5, 5.41) is 4.48. The van der Waals surface area contributed by atoms with Crippen LogP contribution < -0.4 is 0 Å². The van der Waals surface area contributed by atoms with Crippen molar-refractivity contribution in [2.75, 3.05) is 0 Å². The highest BCUT2D eigenvalue weighted by molar-refractivity contribution is 6.16. The minimum Gasteiger partial charge on any atom is -0.456 e. The van der Waals surface area contributed by atoms with Crippen molar-refractivity contribution in [2.45, 2.75) is 19.3 Å². The van der Waals surface area contributed by atoms with Crippen molar-refractivity contribution in [1.82, 2.24) is 14.5 Å². The van der Waals surface area contributed by atoms with Crippen LogP contribution in [0, 0.1) is 6.57 Å². The summed E-state index contributed by atoms with van der Waals surface area (Å²) in [6.45, 7) is 13.0. The Labute approximate surface area is 317 Å². The molecule has 0 aliphatic heterocycles. The molecule has 0 radical (unpaired) electrons. The number of fused-ring (bicyclic) bond motifs is 9. The summed E-state index contributed by atoms with van der Waals surface area (Å²) in [7, 11) is 0. The van der Waals surface area contributed by atoms with Gasteiger partial charge in [-0.2, -0.15) is 0 Å². The van der Waals surface area contributed by atoms with Crippen LogP contribution in [0.5, 0.6) is 0 Å². The van der Waals surface area contributed by atoms with E-state index in [4.69, 9.17) is 21.0 Å². The Kier molecular flexibility index (Phi) is 6.59. The minimum atomic E-state index is -0.127. The maximum atomic E-state index is 8.32. The second-order valence-corrected chi connectivity index (χ2v) is 14.8. The molecule has 3 aromatic heterocycles. The maximum absolute atomic E-state index is 8.32. The molecule has 0 fully saturated rings. The van der Waals surface area contributed by atoms with Gasteiger partial charge < -0.3 is 8.98 Å². The minimum absolute atomic E-state index is 0.127. The zero-order chi connectivity index (χ0) is 36.8. The van der Waals surface area contributed by atoms with E-state index < -0.39 is 0 Å². The van der Waals surface area contributed by atoms with Crippen molar-refractivity contribution in [3.63, 3.8) is 0 Å². The fourth-order valence-corrected chi connectivity index (χ4v) is 8.84. The third kappa shape index (κ3) is 4.52. The van der Waals surface area contributed by atoms with Crippen LogP contribution in [-0.2, 0) is 5.41 Å². The largest absolute Gasteiger partial charge is 0.456 e. The van der Waals surface area contributed by atoms with E-state index in [9.17, 15) is 0 Å². The van der Waals surface area contributed by atoms with Crippen molar-refractivity contribution in [3.8, 4) is 50.7 Å². The fraction of sp³-hybridized carbons (Fsp3) is 0.0600. The van der Waals surface area contributed by atoms with Crippen LogP contribution in [0.15, 0.2) is 162 Å². The van der Waals surface area contributed by atoms with E-state index in [1.54, 1.807) is 0 Å². The van der Waals surface area contributed by atoms with E-state index >= 15 is 0 Å². The van der Waals surface area contributed by atoms with E-state index in [1.165, 1.54) is 38.5 Å². The van der Waals surface area contributed by atoms with Crippen molar-refractivity contribution < 1.29 is 4.42 Å². The molecule has 0 unspecified atom stereocenters. The van der Waals surface area contributed by atoms with Gasteiger partial charge in [-0.3, -0.25) is 0 Å². The first-order valence-electron chi connectivity index (χ1n) is 18.5. The summed E-state index contributed by atoms with van der Waals surface area (Å²) in [5.74, 6) is 0.568. The Morgan fingerprint density at radius 3 is 2.05 bits per heavy atom. The lowest BCUT2D eigenvalue weighted by Gasteiger charge is -2.21. The highest BCUT2D eigenvalue weighted by Gasteiger charge is 2.36. The predicted octanol–water partition coefficient (Wildman–Crippen LogP) is 13.3. The van der Waals surface area contributed by atoms with Gasteiger partial charge in [0.15, 0.2) is 5.82 Å². The molecule has 1 aliphatic carbocycles. The normalized spacial score (nSPS) is 13.0. The van der Waals surface area contributed by atoms with E-state index in [1.807, 2.05) is 72.8 Å². The van der Waals surface area contributed by atoms with Gasteiger partial charge in [-0.15, -0.1) is 0 Å². The molecule has 0 saturated heterocycles. The zero-order valence-corrected chi connectivity index (χ0v) is 30.2. The van der Waals surface area contributed by atoms with Crippen LogP contribution in [-0.4, -0.2) is 14.5 Å². The lowest BCUT2D eigenvalue weighted by atomic mass is 9.82. The van der Waals surface area contributed by atoms with Gasteiger partial charge in [0.05, 0.1) is 40.1 Å². The van der Waals surface area contributed by atoms with Gasteiger partial charge in [-0.05, 0) is 75.8 Å². The topological polar surface area (TPSA) is 48.2 Å². The first-order chi connectivity index (χ1) is 27.0. The molecule has 5 heteroatoms. The lowest BCUT2D eigenvalue weighted by molar-refractivity contribution is 0.661. The summed E-state index contributed by atoms with van der Waals surface area (Å²) in [4.78, 5) is 14.0. The highest BCUT2D eigenvalue weighted by atomic mass is 16.3. The number of benzene rings is 7. The first-order valence-corrected chi connectivity index (χ1v) is 18.5. The van der Waals surface area contributed by atoms with Gasteiger partial charge in [0, 0.05) is 27.1 Å². The summed E-state index contributed by atoms with van der Waals surface area (Å²) < 4.78 is 9.11. The smallest absolute Gasteiger partial charge is 0.238 e. The maximum Gasteiger partial charge on any atom is 0.238 e. The SMILES string of the molecule is [C-]#[N+]c1c(-c2ccccc2)nc(-c2ccccc2)nc1-c1ccc2c(c1)oc1cccc(-n3c4ccccc4c4cc5c(cc43)C(C)(C)c3ccccc3-5)c12. The number of furan rings is 1. The molecule has 55 heavy (non-hydrogen) atoms. The molecular weight excluding hydrogens is 673 g/mol. The summed E-state index contributed by atoms with van der Waals surface area (Å²) >= 11 is 0. The van der Waals surface area contributed by atoms with Crippen LogP contribution in [0.1, 0.15) is 25.0 Å². The van der Waals surface area contributed by atoms with Gasteiger partial charge in [0.2, 0.25) is 5.69 Å². The molecule has 7 aromatic carbocycles. The molecule has 0 atom stereocenters. The molecule has 0 spiro atoms. The third-order valence-electron chi connectivity index (χ3n) is 11.4. The molecule has 10 aromatic rings. The van der Waals surface area contributed by atoms with Crippen LogP contribution in [0.2, 0.25) is 0 Å². The van der Waals surface area contributed by atoms with Crippen molar-refractivity contribution in [1.29, 1.82) is 0 Å². The van der Waals surface area contributed by atoms with E-state index in [0.717, 1.165) is 49.8 Å². The van der Waals surface area contributed by atoms with Gasteiger partial charge >= 0.3 is 0 Å². The van der Waals surface area contributed by atoms with Crippen molar-refractivity contribution in [3.05, 3.63) is 180 Å². The van der Waals surface area contributed by atoms with Gasteiger partial charge in [0.25, 0.3) is 0 Å². The van der Waals surface area contributed by atoms with Crippen LogP contribution in [0.3, 0.4) is 0 Å². The van der Waals surface area contributed by atoms with Crippen LogP contribution >= 0.6 is 0 Å². The average Bonchev–Trinajstić information content (AvgIpc) is 3.85. The molecule has 0 N–H and O–H groups in total. The van der Waals surface area contributed by atoms with Crippen LogP contribution in [0.4, 0.5) is 5.69 Å². The molecule has 0 bridgehead atoms. The predicted molar refractivity (Wildman–Crippen MR) is 224 cm³/mol. The van der Waals surface area contributed by atoms with Gasteiger partial charge in [-0.1, -0.05) is 129 Å². The Balaban J connectivity index is 1.14. The Hall–Kier alpha value is -7.29. The van der Waals surface area contributed by atoms with E-state index in [-0.39, 0.29) is 5.41 Å². The standard InChI is InChI=1S/C50H32N4O/c1-50(2)38-21-12-10-19-33(38)36-28-37-34-20-11-13-22-40(34)54(42(37)29-39(36)50)41-23-14-24-43-45(41)35-26-25-32(27-44(35)55-43)47-48(51-3)46(30-15-6-4-7-16-30)52-49(53-47)31-17-8-5-9-18-31/h4-29H,1-2H3. The molecular formula is C50H32N4O. The monoisotopic (exact) mass is 704 g/mol. The summed E-state index contributed by atoms with van der Waals surface area (Å²) in [5.41, 5.74) is 14.2. The van der Waals surface area contributed by atoms with E-state index in [0.29, 0.717) is 22.9 Å². The molecule has 0 amide bonds. The number of rotatable bonds is 4. The number of aromatic nitrogens is 3. The van der Waals surface area contributed by atoms with Gasteiger partial charge in [-0.25, -0.2) is 14.8 Å². The molecule has 11 rings (SSSR count). The molecule has 258 valence electrons. The quantitative estimate of drug-likeness (QED) is 0.171. The number of hydrogen-bond donors (Lipinski definition) is 0. The molecule has 5 nitrogen and oxygen atoms in total. The third-order valence-corrected chi connectivity index (χ3v) is 11.4. The van der Waals surface area contributed by atoms with Crippen molar-refractivity contribution in [2.24, 2.45) is 0 Å². The van der Waals surface area contributed by atoms with Crippen molar-refractivity contribution >= 4 is 49.4 Å². The Morgan fingerprint density at radius 1 is 0.545 bits per heavy atom. The zero-order valence-electron chi connectivity index (χ0n) is 30.2. The van der Waals surface area contributed by atoms with Crippen LogP contribution in [0.25, 0.3) is 99.3 Å². The summed E-state index contributed by atoms with van der Waals surface area (Å²) in [6.07, 6.45) is 0. The molecule has 1 aliphatic rings. The van der Waals surface area contributed by atoms with Gasteiger partial charge in [0.1, 0.15) is 11.2 Å². The van der Waals surface area contributed by atoms with E-state index in [2.05, 4.69) is 108 Å². The second kappa shape index (κ2) is 11.6. The number of hydrogen-bond acceptors (Lipinski definition) is 3. The Bertz CT molecular complexity index is 3240. The number of para-hydroxylation sites is 1. The second-order valence-electron chi connectivity index (χ2n) is 14.8. The average molecular weight is 705 g/mol. The Morgan fingerprint density at radius 2 is 1.25 bits per heavy atom. The molecule has 0 saturated carbocycles. The lowest BCUT2D eigenvalue weighted by Crippen LogP contribution is -2.14. The highest BCUT2D eigenvalue weighted by Crippen LogP contribution is 2.51. The summed E-state index contributed by atoms with van der Waals surface area (Å²) in [6, 6.07) is 54.7. The number of nitrogens with zero attached hydrogens (tertiary/aromatic N) is 4. The first kappa shape index (κ1) is 31.3. The fourth-order valence-electron chi connectivity index (χ4n) is 8.84.